The van der Waals surface area contributed by atoms with Crippen LogP contribution >= 0.6 is 0 Å². The largest absolute Gasteiger partial charge is 0.461 e. The molecule has 20 heavy (non-hydrogen) atoms. The lowest BCUT2D eigenvalue weighted by molar-refractivity contribution is 0.0520. The number of H-pyrrole nitrogens is 1. The Morgan fingerprint density at radius 2 is 2.15 bits per heavy atom. The van der Waals surface area contributed by atoms with E-state index in [0.717, 1.165) is 0 Å². The van der Waals surface area contributed by atoms with Gasteiger partial charge in [-0.1, -0.05) is 0 Å². The summed E-state index contributed by atoms with van der Waals surface area (Å²) in [5.74, 6) is -0.561. The fourth-order valence-corrected chi connectivity index (χ4v) is 1.86. The average molecular weight is 279 g/mol. The third-order valence-corrected chi connectivity index (χ3v) is 2.73. The summed E-state index contributed by atoms with van der Waals surface area (Å²) in [6.45, 7) is 1.88. The standard InChI is InChI=1S/C12H10FN3O4/c1-2-18-12(17)11-10(14-16-15-11)6-3-8-9(4-7(6)13)20-5-19-8/h3-4H,2,5H2,1H3,(H,14,15,16). The Balaban J connectivity index is 2.06. The number of benzene rings is 1. The van der Waals surface area contributed by atoms with Crippen molar-refractivity contribution in [3.63, 3.8) is 0 Å². The number of hydrogen-bond acceptors (Lipinski definition) is 6. The summed E-state index contributed by atoms with van der Waals surface area (Å²) < 4.78 is 29.2. The molecule has 104 valence electrons. The molecule has 0 saturated heterocycles. The first-order valence-electron chi connectivity index (χ1n) is 5.88. The molecule has 3 rings (SSSR count). The van der Waals surface area contributed by atoms with E-state index < -0.39 is 11.8 Å². The van der Waals surface area contributed by atoms with Gasteiger partial charge < -0.3 is 14.2 Å². The lowest BCUT2D eigenvalue weighted by Crippen LogP contribution is -2.07. The Hall–Kier alpha value is -2.64. The molecule has 0 amide bonds. The van der Waals surface area contributed by atoms with E-state index in [2.05, 4.69) is 15.4 Å². The molecule has 1 aromatic carbocycles. The number of nitrogens with zero attached hydrogens (tertiary/aromatic N) is 2. The van der Waals surface area contributed by atoms with Gasteiger partial charge in [-0.25, -0.2) is 9.18 Å². The van der Waals surface area contributed by atoms with E-state index in [0.29, 0.717) is 11.5 Å². The zero-order valence-electron chi connectivity index (χ0n) is 10.5. The van der Waals surface area contributed by atoms with Gasteiger partial charge in [-0.3, -0.25) is 0 Å². The zero-order chi connectivity index (χ0) is 14.1. The van der Waals surface area contributed by atoms with Crippen molar-refractivity contribution in [3.8, 4) is 22.8 Å². The van der Waals surface area contributed by atoms with E-state index in [1.54, 1.807) is 6.92 Å². The average Bonchev–Trinajstić information content (AvgIpc) is 3.05. The van der Waals surface area contributed by atoms with Crippen molar-refractivity contribution in [1.82, 2.24) is 15.4 Å². The van der Waals surface area contributed by atoms with Crippen molar-refractivity contribution in [3.05, 3.63) is 23.6 Å². The Kier molecular flexibility index (Phi) is 2.97. The van der Waals surface area contributed by atoms with Crippen molar-refractivity contribution < 1.29 is 23.4 Å². The number of fused-ring (bicyclic) bond motifs is 1. The Labute approximate surface area is 112 Å². The second-order valence-corrected chi connectivity index (χ2v) is 3.93. The van der Waals surface area contributed by atoms with Crippen molar-refractivity contribution in [2.24, 2.45) is 0 Å². The van der Waals surface area contributed by atoms with Gasteiger partial charge in [-0.2, -0.15) is 10.3 Å². The fraction of sp³-hybridized carbons (Fsp3) is 0.250. The summed E-state index contributed by atoms with van der Waals surface area (Å²) in [5, 5.41) is 9.79. The first-order chi connectivity index (χ1) is 9.70. The second-order valence-electron chi connectivity index (χ2n) is 3.93. The summed E-state index contributed by atoms with van der Waals surface area (Å²) >= 11 is 0. The molecule has 0 saturated carbocycles. The minimum atomic E-state index is -0.673. The van der Waals surface area contributed by atoms with Crippen LogP contribution in [0.25, 0.3) is 11.3 Å². The molecule has 0 atom stereocenters. The molecular formula is C12H10FN3O4. The zero-order valence-corrected chi connectivity index (χ0v) is 10.5. The highest BCUT2D eigenvalue weighted by atomic mass is 19.1. The van der Waals surface area contributed by atoms with Crippen molar-refractivity contribution in [1.29, 1.82) is 0 Å². The third-order valence-electron chi connectivity index (χ3n) is 2.73. The molecule has 0 bridgehead atoms. The molecule has 1 aromatic heterocycles. The number of halogens is 1. The summed E-state index contributed by atoms with van der Waals surface area (Å²) in [6.07, 6.45) is 0. The van der Waals surface area contributed by atoms with Crippen molar-refractivity contribution >= 4 is 5.97 Å². The van der Waals surface area contributed by atoms with Crippen LogP contribution in [-0.2, 0) is 4.74 Å². The van der Waals surface area contributed by atoms with Crippen molar-refractivity contribution in [2.45, 2.75) is 6.92 Å². The van der Waals surface area contributed by atoms with Gasteiger partial charge in [-0.15, -0.1) is 5.10 Å². The molecule has 1 aliphatic heterocycles. The maximum atomic E-state index is 14.1. The highest BCUT2D eigenvalue weighted by Crippen LogP contribution is 2.38. The molecule has 2 aromatic rings. The topological polar surface area (TPSA) is 86.3 Å². The molecule has 1 N–H and O–H groups in total. The summed E-state index contributed by atoms with van der Waals surface area (Å²) in [4.78, 5) is 11.7. The maximum absolute atomic E-state index is 14.1. The summed E-state index contributed by atoms with van der Waals surface area (Å²) in [7, 11) is 0. The lowest BCUT2D eigenvalue weighted by atomic mass is 10.1. The van der Waals surface area contributed by atoms with Crippen LogP contribution in [0.1, 0.15) is 17.4 Å². The smallest absolute Gasteiger partial charge is 0.361 e. The van der Waals surface area contributed by atoms with E-state index in [-0.39, 0.29) is 30.4 Å². The maximum Gasteiger partial charge on any atom is 0.361 e. The molecular weight excluding hydrogens is 269 g/mol. The van der Waals surface area contributed by atoms with E-state index in [4.69, 9.17) is 14.2 Å². The SMILES string of the molecule is CCOC(=O)c1n[nH]nc1-c1cc2c(cc1F)OCO2. The van der Waals surface area contributed by atoms with Gasteiger partial charge in [-0.05, 0) is 13.0 Å². The monoisotopic (exact) mass is 279 g/mol. The van der Waals surface area contributed by atoms with Crippen LogP contribution in [0, 0.1) is 5.82 Å². The molecule has 8 heteroatoms. The Morgan fingerprint density at radius 1 is 1.40 bits per heavy atom. The third kappa shape index (κ3) is 1.94. The van der Waals surface area contributed by atoms with Crippen LogP contribution in [0.3, 0.4) is 0 Å². The number of hydrogen-bond donors (Lipinski definition) is 1. The van der Waals surface area contributed by atoms with Crippen LogP contribution in [-0.4, -0.2) is 34.8 Å². The van der Waals surface area contributed by atoms with Gasteiger partial charge in [0.25, 0.3) is 0 Å². The molecule has 0 unspecified atom stereocenters. The van der Waals surface area contributed by atoms with E-state index in [1.165, 1.54) is 12.1 Å². The van der Waals surface area contributed by atoms with Crippen LogP contribution in [0.4, 0.5) is 4.39 Å². The van der Waals surface area contributed by atoms with E-state index in [1.807, 2.05) is 0 Å². The number of nitrogens with one attached hydrogen (secondary N) is 1. The molecule has 0 radical (unpaired) electrons. The van der Waals surface area contributed by atoms with Crippen LogP contribution in [0.5, 0.6) is 11.5 Å². The number of ether oxygens (including phenoxy) is 3. The Bertz CT molecular complexity index is 671. The molecule has 2 heterocycles. The number of aromatic amines is 1. The molecule has 1 aliphatic rings. The van der Waals surface area contributed by atoms with Crippen LogP contribution < -0.4 is 9.47 Å². The lowest BCUT2D eigenvalue weighted by Gasteiger charge is -2.04. The number of carbonyl (C=O) groups excluding carboxylic acids is 1. The summed E-state index contributed by atoms with van der Waals surface area (Å²) in [6, 6.07) is 2.60. The molecule has 0 fully saturated rings. The molecule has 7 nitrogen and oxygen atoms in total. The number of carbonyl (C=O) groups is 1. The summed E-state index contributed by atoms with van der Waals surface area (Å²) in [5.41, 5.74) is 0.0786. The first kappa shape index (κ1) is 12.4. The Morgan fingerprint density at radius 3 is 2.90 bits per heavy atom. The second kappa shape index (κ2) is 4.80. The van der Waals surface area contributed by atoms with E-state index in [9.17, 15) is 9.18 Å². The predicted octanol–water partition coefficient (Wildman–Crippen LogP) is 1.52. The fourth-order valence-electron chi connectivity index (χ4n) is 1.86. The number of rotatable bonds is 3. The predicted molar refractivity (Wildman–Crippen MR) is 63.9 cm³/mol. The van der Waals surface area contributed by atoms with Gasteiger partial charge in [0.05, 0.1) is 6.61 Å². The minimum Gasteiger partial charge on any atom is -0.461 e. The van der Waals surface area contributed by atoms with Gasteiger partial charge in [0.15, 0.2) is 17.2 Å². The molecule has 0 aliphatic carbocycles. The first-order valence-corrected chi connectivity index (χ1v) is 5.88. The minimum absolute atomic E-state index is 0.0295. The van der Waals surface area contributed by atoms with Crippen LogP contribution in [0.2, 0.25) is 0 Å². The molecule has 0 spiro atoms. The normalized spacial score (nSPS) is 12.5. The van der Waals surface area contributed by atoms with Gasteiger partial charge >= 0.3 is 5.97 Å². The quantitative estimate of drug-likeness (QED) is 0.857. The van der Waals surface area contributed by atoms with Gasteiger partial charge in [0.1, 0.15) is 11.5 Å². The van der Waals surface area contributed by atoms with Crippen LogP contribution in [0.15, 0.2) is 12.1 Å². The highest BCUT2D eigenvalue weighted by Gasteiger charge is 2.25. The van der Waals surface area contributed by atoms with Gasteiger partial charge in [0.2, 0.25) is 6.79 Å². The van der Waals surface area contributed by atoms with Crippen molar-refractivity contribution in [2.75, 3.05) is 13.4 Å². The number of aromatic nitrogens is 3. The van der Waals surface area contributed by atoms with E-state index >= 15 is 0 Å². The number of esters is 1. The highest BCUT2D eigenvalue weighted by molar-refractivity contribution is 5.94. The van der Waals surface area contributed by atoms with Gasteiger partial charge in [0, 0.05) is 11.6 Å².